The molecule has 2 heterocycles. The average molecular weight is 435 g/mol. The molecule has 0 fully saturated rings. The lowest BCUT2D eigenvalue weighted by atomic mass is 9.98. The van der Waals surface area contributed by atoms with Crippen molar-refractivity contribution in [3.63, 3.8) is 0 Å². The van der Waals surface area contributed by atoms with Crippen LogP contribution in [0.5, 0.6) is 0 Å². The van der Waals surface area contributed by atoms with Crippen molar-refractivity contribution in [3.05, 3.63) is 69.2 Å². The van der Waals surface area contributed by atoms with Crippen LogP contribution in [0, 0.1) is 0 Å². The monoisotopic (exact) mass is 433 g/mol. The number of amidine groups is 1. The lowest BCUT2D eigenvalue weighted by Gasteiger charge is -2.23. The fraction of sp³-hybridized carbons (Fsp3) is 0.167. The summed E-state index contributed by atoms with van der Waals surface area (Å²) >= 11 is 10.7. The van der Waals surface area contributed by atoms with Gasteiger partial charge in [0.15, 0.2) is 0 Å². The van der Waals surface area contributed by atoms with Crippen molar-refractivity contribution < 1.29 is 4.79 Å². The van der Waals surface area contributed by atoms with Crippen LogP contribution in [0.4, 0.5) is 4.79 Å². The maximum absolute atomic E-state index is 11.6. The molecule has 126 valence electrons. The van der Waals surface area contributed by atoms with Crippen molar-refractivity contribution in [2.45, 2.75) is 12.5 Å². The third kappa shape index (κ3) is 3.52. The summed E-state index contributed by atoms with van der Waals surface area (Å²) in [6.45, 7) is 0. The molecule has 0 saturated carbocycles. The Morgan fingerprint density at radius 2 is 2.00 bits per heavy atom. The number of nitrogens with zero attached hydrogens (tertiary/aromatic N) is 3. The number of hydrazone groups is 1. The lowest BCUT2D eigenvalue weighted by molar-refractivity contribution is 0.267. The number of halogens is 2. The standard InChI is InChI=1S/C18H13BrClN3OS/c19-13-3-1-2-12(8-13)15-9-16(11-4-6-14(20)7-5-11)23(22-15)17-10-25-18(24)21-17/h1-8,16H,9-10H2. The Balaban J connectivity index is 1.72. The summed E-state index contributed by atoms with van der Waals surface area (Å²) < 4.78 is 1.01. The minimum Gasteiger partial charge on any atom is -0.259 e. The normalized spacial score (nSPS) is 20.0. The Morgan fingerprint density at radius 3 is 2.68 bits per heavy atom. The highest BCUT2D eigenvalue weighted by molar-refractivity contribution is 9.10. The van der Waals surface area contributed by atoms with Crippen molar-refractivity contribution in [3.8, 4) is 0 Å². The molecule has 0 radical (unpaired) electrons. The van der Waals surface area contributed by atoms with E-state index in [9.17, 15) is 4.79 Å². The third-order valence-corrected chi connectivity index (χ3v) is 5.62. The van der Waals surface area contributed by atoms with E-state index >= 15 is 0 Å². The molecule has 0 bridgehead atoms. The van der Waals surface area contributed by atoms with Gasteiger partial charge < -0.3 is 0 Å². The molecule has 1 atom stereocenters. The van der Waals surface area contributed by atoms with Gasteiger partial charge in [-0.25, -0.2) is 5.01 Å². The van der Waals surface area contributed by atoms with Gasteiger partial charge in [0.2, 0.25) is 0 Å². The second-order valence-electron chi connectivity index (χ2n) is 5.76. The van der Waals surface area contributed by atoms with Crippen LogP contribution in [0.15, 0.2) is 63.1 Å². The van der Waals surface area contributed by atoms with Crippen molar-refractivity contribution in [2.75, 3.05) is 5.75 Å². The van der Waals surface area contributed by atoms with E-state index in [-0.39, 0.29) is 11.3 Å². The van der Waals surface area contributed by atoms with Gasteiger partial charge in [-0.05, 0) is 35.4 Å². The van der Waals surface area contributed by atoms with Gasteiger partial charge in [0, 0.05) is 15.9 Å². The van der Waals surface area contributed by atoms with Crippen molar-refractivity contribution in [2.24, 2.45) is 10.1 Å². The Labute approximate surface area is 163 Å². The minimum atomic E-state index is -0.157. The summed E-state index contributed by atoms with van der Waals surface area (Å²) in [6.07, 6.45) is 0.746. The number of benzene rings is 2. The number of hydrogen-bond donors (Lipinski definition) is 0. The Morgan fingerprint density at radius 1 is 1.20 bits per heavy atom. The number of rotatable bonds is 2. The summed E-state index contributed by atoms with van der Waals surface area (Å²) in [4.78, 5) is 15.7. The van der Waals surface area contributed by atoms with Crippen LogP contribution in [0.25, 0.3) is 0 Å². The van der Waals surface area contributed by atoms with Crippen LogP contribution in [0.1, 0.15) is 23.6 Å². The zero-order valence-corrected chi connectivity index (χ0v) is 16.2. The van der Waals surface area contributed by atoms with Crippen LogP contribution in [-0.2, 0) is 0 Å². The number of carbonyl (C=O) groups is 1. The predicted octanol–water partition coefficient (Wildman–Crippen LogP) is 5.52. The van der Waals surface area contributed by atoms with Crippen molar-refractivity contribution in [1.29, 1.82) is 0 Å². The molecule has 0 saturated heterocycles. The van der Waals surface area contributed by atoms with Gasteiger partial charge in [0.05, 0.1) is 17.5 Å². The minimum absolute atomic E-state index is 0.0106. The largest absolute Gasteiger partial charge is 0.307 e. The molecule has 4 rings (SSSR count). The molecule has 25 heavy (non-hydrogen) atoms. The first kappa shape index (κ1) is 16.8. The number of carbonyl (C=O) groups excluding carboxylic acids is 1. The van der Waals surface area contributed by atoms with E-state index < -0.39 is 0 Å². The summed E-state index contributed by atoms with van der Waals surface area (Å²) in [5.74, 6) is 1.26. The van der Waals surface area contributed by atoms with Gasteiger partial charge in [-0.15, -0.1) is 0 Å². The maximum atomic E-state index is 11.6. The average Bonchev–Trinajstić information content (AvgIpc) is 3.22. The second-order valence-corrected chi connectivity index (χ2v) is 8.03. The van der Waals surface area contributed by atoms with E-state index in [0.29, 0.717) is 16.6 Å². The van der Waals surface area contributed by atoms with Gasteiger partial charge in [0.25, 0.3) is 0 Å². The summed E-state index contributed by atoms with van der Waals surface area (Å²) in [7, 11) is 0. The van der Waals surface area contributed by atoms with E-state index in [4.69, 9.17) is 16.7 Å². The highest BCUT2D eigenvalue weighted by atomic mass is 79.9. The fourth-order valence-electron chi connectivity index (χ4n) is 2.95. The third-order valence-electron chi connectivity index (χ3n) is 4.13. The SMILES string of the molecule is O=C1N=C(N2N=C(c3cccc(Br)c3)CC2c2ccc(Cl)cc2)CS1. The number of aliphatic imine (C=N–C) groups is 1. The van der Waals surface area contributed by atoms with E-state index in [1.165, 1.54) is 11.8 Å². The lowest BCUT2D eigenvalue weighted by Crippen LogP contribution is -2.27. The Hall–Kier alpha value is -1.63. The molecule has 0 aromatic heterocycles. The van der Waals surface area contributed by atoms with E-state index in [2.05, 4.69) is 27.0 Å². The molecular formula is C18H13BrClN3OS. The van der Waals surface area contributed by atoms with Crippen molar-refractivity contribution >= 4 is 56.1 Å². The molecule has 1 amide bonds. The molecule has 7 heteroatoms. The van der Waals surface area contributed by atoms with Crippen LogP contribution >= 0.6 is 39.3 Å². The highest BCUT2D eigenvalue weighted by Gasteiger charge is 2.34. The van der Waals surface area contributed by atoms with Crippen molar-refractivity contribution in [1.82, 2.24) is 5.01 Å². The molecule has 2 aromatic carbocycles. The van der Waals surface area contributed by atoms with Crippen LogP contribution in [0.3, 0.4) is 0 Å². The zero-order valence-electron chi connectivity index (χ0n) is 13.0. The van der Waals surface area contributed by atoms with Crippen LogP contribution < -0.4 is 0 Å². The molecular weight excluding hydrogens is 422 g/mol. The van der Waals surface area contributed by atoms with Crippen LogP contribution in [0.2, 0.25) is 5.02 Å². The molecule has 2 aliphatic rings. The molecule has 2 aromatic rings. The highest BCUT2D eigenvalue weighted by Crippen LogP contribution is 2.35. The topological polar surface area (TPSA) is 45.0 Å². The Bertz CT molecular complexity index is 897. The molecule has 2 aliphatic heterocycles. The van der Waals surface area contributed by atoms with Gasteiger partial charge in [-0.3, -0.25) is 4.79 Å². The second kappa shape index (κ2) is 6.94. The maximum Gasteiger partial charge on any atom is 0.307 e. The van der Waals surface area contributed by atoms with E-state index in [1.807, 2.05) is 47.5 Å². The quantitative estimate of drug-likeness (QED) is 0.625. The first-order valence-corrected chi connectivity index (χ1v) is 9.88. The van der Waals surface area contributed by atoms with Gasteiger partial charge in [0.1, 0.15) is 5.84 Å². The first-order chi connectivity index (χ1) is 12.1. The van der Waals surface area contributed by atoms with E-state index in [1.54, 1.807) is 0 Å². The van der Waals surface area contributed by atoms with Crippen LogP contribution in [-0.4, -0.2) is 27.5 Å². The first-order valence-electron chi connectivity index (χ1n) is 7.72. The van der Waals surface area contributed by atoms with Gasteiger partial charge in [-0.2, -0.15) is 10.1 Å². The number of amides is 1. The fourth-order valence-corrected chi connectivity index (χ4v) is 4.09. The predicted molar refractivity (Wildman–Crippen MR) is 107 cm³/mol. The molecule has 0 N–H and O–H groups in total. The number of thioether (sulfide) groups is 1. The molecule has 4 nitrogen and oxygen atoms in total. The number of hydrogen-bond acceptors (Lipinski definition) is 4. The molecule has 0 spiro atoms. The van der Waals surface area contributed by atoms with Gasteiger partial charge >= 0.3 is 5.24 Å². The summed E-state index contributed by atoms with van der Waals surface area (Å²) in [5, 5.41) is 7.23. The van der Waals surface area contributed by atoms with E-state index in [0.717, 1.165) is 27.7 Å². The molecule has 1 unspecified atom stereocenters. The summed E-state index contributed by atoms with van der Waals surface area (Å²) in [6, 6.07) is 15.9. The zero-order chi connectivity index (χ0) is 17.4. The smallest absolute Gasteiger partial charge is 0.259 e. The van der Waals surface area contributed by atoms with Gasteiger partial charge in [-0.1, -0.05) is 63.6 Å². The Kier molecular flexibility index (Phi) is 4.67. The molecule has 0 aliphatic carbocycles. The summed E-state index contributed by atoms with van der Waals surface area (Å²) in [5.41, 5.74) is 3.15.